The molecule has 0 radical (unpaired) electrons. The van der Waals surface area contributed by atoms with Crippen LogP contribution in [0.25, 0.3) is 0 Å². The molecule has 0 unspecified atom stereocenters. The molecule has 32 heavy (non-hydrogen) atoms. The van der Waals surface area contributed by atoms with Gasteiger partial charge in [-0.2, -0.15) is 0 Å². The van der Waals surface area contributed by atoms with Crippen LogP contribution in [0, 0.1) is 19.3 Å². The van der Waals surface area contributed by atoms with Gasteiger partial charge < -0.3 is 20.5 Å². The fourth-order valence-corrected chi connectivity index (χ4v) is 3.40. The summed E-state index contributed by atoms with van der Waals surface area (Å²) in [7, 11) is 1.49. The van der Waals surface area contributed by atoms with E-state index in [1.54, 1.807) is 0 Å². The number of hydrogen-bond acceptors (Lipinski definition) is 4. The van der Waals surface area contributed by atoms with E-state index in [9.17, 15) is 4.79 Å². The summed E-state index contributed by atoms with van der Waals surface area (Å²) in [6.45, 7) is 4.37. The molecule has 7 heteroatoms. The maximum Gasteiger partial charge on any atom is 0.328 e. The standard InChI is InChI=1S/C25H28N4O3/c1-17-21(31-15-19-10-6-4-7-11-19)14-22(32-16-20-12-8-5-9-13-20)18(2)23(17)29(24(26)27)25(30)28-3/h4-14H,15-16H2,1-3H3,(H3,26,27)(H,28,30). The number of carbonyl (C=O) groups is 1. The zero-order chi connectivity index (χ0) is 23.1. The monoisotopic (exact) mass is 432 g/mol. The van der Waals surface area contributed by atoms with Crippen molar-refractivity contribution in [3.63, 3.8) is 0 Å². The highest BCUT2D eigenvalue weighted by Gasteiger charge is 2.26. The van der Waals surface area contributed by atoms with Gasteiger partial charge in [-0.25, -0.2) is 9.69 Å². The van der Waals surface area contributed by atoms with Crippen molar-refractivity contribution in [2.45, 2.75) is 27.1 Å². The van der Waals surface area contributed by atoms with Crippen molar-refractivity contribution in [1.82, 2.24) is 5.32 Å². The Kier molecular flexibility index (Phi) is 7.33. The van der Waals surface area contributed by atoms with Gasteiger partial charge in [0.05, 0.1) is 5.69 Å². The van der Waals surface area contributed by atoms with Gasteiger partial charge in [-0.3, -0.25) is 5.41 Å². The third-order valence-corrected chi connectivity index (χ3v) is 5.07. The predicted molar refractivity (Wildman–Crippen MR) is 126 cm³/mol. The quantitative estimate of drug-likeness (QED) is 0.378. The normalized spacial score (nSPS) is 10.3. The van der Waals surface area contributed by atoms with Gasteiger partial charge >= 0.3 is 6.03 Å². The largest absolute Gasteiger partial charge is 0.488 e. The summed E-state index contributed by atoms with van der Waals surface area (Å²) in [5, 5.41) is 10.5. The summed E-state index contributed by atoms with van der Waals surface area (Å²) in [5.74, 6) is 0.699. The molecule has 0 bridgehead atoms. The Hall–Kier alpha value is -4.00. The lowest BCUT2D eigenvalue weighted by molar-refractivity contribution is 0.250. The van der Waals surface area contributed by atoms with Gasteiger partial charge in [-0.15, -0.1) is 0 Å². The first kappa shape index (κ1) is 22.7. The van der Waals surface area contributed by atoms with Crippen LogP contribution >= 0.6 is 0 Å². The molecule has 0 aliphatic carbocycles. The van der Waals surface area contributed by atoms with E-state index in [1.165, 1.54) is 7.05 Å². The Balaban J connectivity index is 2.02. The summed E-state index contributed by atoms with van der Waals surface area (Å²) in [6, 6.07) is 20.9. The average molecular weight is 433 g/mol. The molecule has 7 nitrogen and oxygen atoms in total. The SMILES string of the molecule is CNC(=O)N(C(=N)N)c1c(C)c(OCc2ccccc2)cc(OCc2ccccc2)c1C. The lowest BCUT2D eigenvalue weighted by Crippen LogP contribution is -2.46. The molecule has 0 aliphatic heterocycles. The number of ether oxygens (including phenoxy) is 2. The molecule has 0 saturated heterocycles. The second-order valence-electron chi connectivity index (χ2n) is 7.30. The number of rotatable bonds is 7. The Morgan fingerprint density at radius 3 is 1.72 bits per heavy atom. The van der Waals surface area contributed by atoms with Crippen LogP contribution in [0.5, 0.6) is 11.5 Å². The van der Waals surface area contributed by atoms with Crippen molar-refractivity contribution in [1.29, 1.82) is 5.41 Å². The van der Waals surface area contributed by atoms with Crippen LogP contribution in [-0.4, -0.2) is 19.0 Å². The summed E-state index contributed by atoms with van der Waals surface area (Å²) in [4.78, 5) is 13.7. The molecule has 0 fully saturated rings. The number of guanidine groups is 1. The molecule has 4 N–H and O–H groups in total. The van der Waals surface area contributed by atoms with E-state index in [0.29, 0.717) is 41.5 Å². The Labute approximate surface area is 188 Å². The number of benzene rings is 3. The van der Waals surface area contributed by atoms with Gasteiger partial charge in [0.2, 0.25) is 5.96 Å². The van der Waals surface area contributed by atoms with Gasteiger partial charge in [0.1, 0.15) is 24.7 Å². The lowest BCUT2D eigenvalue weighted by Gasteiger charge is -2.27. The number of nitrogens with two attached hydrogens (primary N) is 1. The highest BCUT2D eigenvalue weighted by Crippen LogP contribution is 2.39. The van der Waals surface area contributed by atoms with Crippen molar-refractivity contribution >= 4 is 17.7 Å². The minimum atomic E-state index is -0.516. The first-order valence-corrected chi connectivity index (χ1v) is 10.3. The first-order valence-electron chi connectivity index (χ1n) is 10.3. The number of nitrogens with one attached hydrogen (secondary N) is 2. The fourth-order valence-electron chi connectivity index (χ4n) is 3.40. The molecule has 0 spiro atoms. The molecule has 2 amide bonds. The fraction of sp³-hybridized carbons (Fsp3) is 0.200. The van der Waals surface area contributed by atoms with E-state index in [2.05, 4.69) is 5.32 Å². The van der Waals surface area contributed by atoms with Crippen LogP contribution in [0.3, 0.4) is 0 Å². The molecule has 0 atom stereocenters. The van der Waals surface area contributed by atoms with E-state index in [1.807, 2.05) is 80.6 Å². The highest BCUT2D eigenvalue weighted by atomic mass is 16.5. The minimum absolute atomic E-state index is 0.350. The van der Waals surface area contributed by atoms with Crippen LogP contribution in [0.4, 0.5) is 10.5 Å². The molecule has 0 heterocycles. The third kappa shape index (κ3) is 5.18. The maximum atomic E-state index is 12.6. The molecule has 3 aromatic carbocycles. The second kappa shape index (κ2) is 10.3. The predicted octanol–water partition coefficient (Wildman–Crippen LogP) is 4.50. The van der Waals surface area contributed by atoms with E-state index >= 15 is 0 Å². The maximum absolute atomic E-state index is 12.6. The van der Waals surface area contributed by atoms with E-state index < -0.39 is 12.0 Å². The Morgan fingerprint density at radius 1 is 0.906 bits per heavy atom. The Bertz CT molecular complexity index is 1020. The van der Waals surface area contributed by atoms with Gasteiger partial charge in [0.15, 0.2) is 0 Å². The molecule has 166 valence electrons. The molecular weight excluding hydrogens is 404 g/mol. The third-order valence-electron chi connectivity index (χ3n) is 5.07. The van der Waals surface area contributed by atoms with Gasteiger partial charge in [0, 0.05) is 24.2 Å². The summed E-state index contributed by atoms with van der Waals surface area (Å²) < 4.78 is 12.2. The van der Waals surface area contributed by atoms with Gasteiger partial charge in [0.25, 0.3) is 0 Å². The van der Waals surface area contributed by atoms with Crippen molar-refractivity contribution < 1.29 is 14.3 Å². The van der Waals surface area contributed by atoms with Crippen LogP contribution in [-0.2, 0) is 13.2 Å². The zero-order valence-corrected chi connectivity index (χ0v) is 18.5. The molecule has 3 rings (SSSR count). The lowest BCUT2D eigenvalue weighted by atomic mass is 10.0. The number of carbonyl (C=O) groups excluding carboxylic acids is 1. The van der Waals surface area contributed by atoms with Crippen LogP contribution in [0.15, 0.2) is 66.7 Å². The smallest absolute Gasteiger partial charge is 0.328 e. The minimum Gasteiger partial charge on any atom is -0.488 e. The highest BCUT2D eigenvalue weighted by molar-refractivity contribution is 6.15. The van der Waals surface area contributed by atoms with E-state index in [4.69, 9.17) is 20.6 Å². The molecule has 0 saturated carbocycles. The van der Waals surface area contributed by atoms with Crippen LogP contribution in [0.1, 0.15) is 22.3 Å². The van der Waals surface area contributed by atoms with Gasteiger partial charge in [-0.1, -0.05) is 60.7 Å². The van der Waals surface area contributed by atoms with Gasteiger partial charge in [-0.05, 0) is 25.0 Å². The van der Waals surface area contributed by atoms with Crippen molar-refractivity contribution in [3.8, 4) is 11.5 Å². The molecule has 0 aromatic heterocycles. The van der Waals surface area contributed by atoms with Crippen molar-refractivity contribution in [3.05, 3.63) is 89.0 Å². The molecular formula is C25H28N4O3. The summed E-state index contributed by atoms with van der Waals surface area (Å²) in [6.07, 6.45) is 0. The van der Waals surface area contributed by atoms with Crippen molar-refractivity contribution in [2.24, 2.45) is 5.73 Å². The Morgan fingerprint density at radius 2 is 1.34 bits per heavy atom. The number of nitrogens with zero attached hydrogens (tertiary/aromatic N) is 1. The van der Waals surface area contributed by atoms with Crippen molar-refractivity contribution in [2.75, 3.05) is 11.9 Å². The van der Waals surface area contributed by atoms with Crippen LogP contribution < -0.4 is 25.4 Å². The summed E-state index contributed by atoms with van der Waals surface area (Å²) in [5.41, 5.74) is 9.63. The van der Waals surface area contributed by atoms with Crippen LogP contribution in [0.2, 0.25) is 0 Å². The topological polar surface area (TPSA) is 101 Å². The average Bonchev–Trinajstić information content (AvgIpc) is 2.81. The second-order valence-corrected chi connectivity index (χ2v) is 7.30. The number of hydrogen-bond donors (Lipinski definition) is 3. The van der Waals surface area contributed by atoms with E-state index in [0.717, 1.165) is 16.0 Å². The summed E-state index contributed by atoms with van der Waals surface area (Å²) >= 11 is 0. The number of anilines is 1. The number of amides is 2. The van der Waals surface area contributed by atoms with E-state index in [-0.39, 0.29) is 0 Å². The molecule has 3 aromatic rings. The zero-order valence-electron chi connectivity index (χ0n) is 18.5. The molecule has 0 aliphatic rings. The first-order chi connectivity index (χ1) is 15.4. The number of urea groups is 1.